The van der Waals surface area contributed by atoms with Crippen molar-refractivity contribution in [3.63, 3.8) is 0 Å². The van der Waals surface area contributed by atoms with Crippen LogP contribution >= 0.6 is 0 Å². The molecule has 0 aromatic carbocycles. The van der Waals surface area contributed by atoms with Gasteiger partial charge < -0.3 is 0 Å². The van der Waals surface area contributed by atoms with E-state index in [2.05, 4.69) is 31.7 Å². The van der Waals surface area contributed by atoms with E-state index >= 15 is 0 Å². The highest BCUT2D eigenvalue weighted by molar-refractivity contribution is 5.14. The minimum Gasteiger partial charge on any atom is -0.0991 e. The molecule has 0 aliphatic rings. The number of unbranched alkanes of at least 4 members (excludes halogenated alkanes) is 5. The first kappa shape index (κ1) is 14.0. The number of hydrogen-bond acceptors (Lipinski definition) is 0. The second-order valence-electron chi connectivity index (χ2n) is 3.49. The lowest BCUT2D eigenvalue weighted by atomic mass is 10.1. The molecule has 0 fully saturated rings. The van der Waals surface area contributed by atoms with Crippen molar-refractivity contribution in [1.29, 1.82) is 0 Å². The second kappa shape index (κ2) is 13.0. The van der Waals surface area contributed by atoms with E-state index in [0.29, 0.717) is 0 Å². The summed E-state index contributed by atoms with van der Waals surface area (Å²) < 4.78 is 0. The summed E-state index contributed by atoms with van der Waals surface area (Å²) in [6.07, 6.45) is 21.6. The topological polar surface area (TPSA) is 0 Å². The van der Waals surface area contributed by atoms with Gasteiger partial charge >= 0.3 is 0 Å². The zero-order valence-electron chi connectivity index (χ0n) is 9.70. The SMILES string of the molecule is [CH2]CCCCCC/C=C/C=C/C=C/C=C. The number of allylic oxidation sites excluding steroid dienone is 7. The van der Waals surface area contributed by atoms with Gasteiger partial charge in [0.05, 0.1) is 0 Å². The summed E-state index contributed by atoms with van der Waals surface area (Å²) >= 11 is 0. The van der Waals surface area contributed by atoms with Crippen molar-refractivity contribution >= 4 is 0 Å². The molecular formula is C15H23. The molecule has 0 aromatic rings. The summed E-state index contributed by atoms with van der Waals surface area (Å²) in [6, 6.07) is 0. The Bertz CT molecular complexity index is 206. The molecule has 0 saturated heterocycles. The molecule has 1 radical (unpaired) electrons. The van der Waals surface area contributed by atoms with E-state index in [9.17, 15) is 0 Å². The molecule has 0 bridgehead atoms. The zero-order valence-corrected chi connectivity index (χ0v) is 9.70. The van der Waals surface area contributed by atoms with Gasteiger partial charge in [-0.25, -0.2) is 0 Å². The molecule has 0 unspecified atom stereocenters. The Labute approximate surface area is 95.1 Å². The molecular weight excluding hydrogens is 180 g/mol. The van der Waals surface area contributed by atoms with Crippen molar-refractivity contribution in [2.45, 2.75) is 38.5 Å². The van der Waals surface area contributed by atoms with E-state index in [0.717, 1.165) is 6.42 Å². The van der Waals surface area contributed by atoms with E-state index < -0.39 is 0 Å². The first-order valence-electron chi connectivity index (χ1n) is 5.82. The van der Waals surface area contributed by atoms with Gasteiger partial charge in [-0.15, -0.1) is 0 Å². The van der Waals surface area contributed by atoms with Crippen LogP contribution in [0.3, 0.4) is 0 Å². The number of rotatable bonds is 9. The van der Waals surface area contributed by atoms with E-state index in [1.165, 1.54) is 32.1 Å². The lowest BCUT2D eigenvalue weighted by Gasteiger charge is -1.95. The van der Waals surface area contributed by atoms with Crippen molar-refractivity contribution in [1.82, 2.24) is 0 Å². The molecule has 83 valence electrons. The molecule has 0 aliphatic heterocycles. The maximum absolute atomic E-state index is 3.83. The van der Waals surface area contributed by atoms with Crippen LogP contribution in [-0.2, 0) is 0 Å². The molecule has 0 atom stereocenters. The highest BCUT2D eigenvalue weighted by Gasteiger charge is 1.85. The Morgan fingerprint density at radius 2 is 1.40 bits per heavy atom. The van der Waals surface area contributed by atoms with Gasteiger partial charge in [-0.1, -0.05) is 81.7 Å². The van der Waals surface area contributed by atoms with Gasteiger partial charge in [0, 0.05) is 0 Å². The minimum atomic E-state index is 1.08. The second-order valence-corrected chi connectivity index (χ2v) is 3.49. The molecule has 0 heterocycles. The Morgan fingerprint density at radius 1 is 0.733 bits per heavy atom. The lowest BCUT2D eigenvalue weighted by Crippen LogP contribution is -1.75. The van der Waals surface area contributed by atoms with E-state index in [1.54, 1.807) is 6.08 Å². The van der Waals surface area contributed by atoms with Crippen LogP contribution in [-0.4, -0.2) is 0 Å². The molecule has 0 aromatic heterocycles. The molecule has 0 aliphatic carbocycles. The highest BCUT2D eigenvalue weighted by atomic mass is 13.9. The highest BCUT2D eigenvalue weighted by Crippen LogP contribution is 2.05. The Morgan fingerprint density at radius 3 is 2.13 bits per heavy atom. The van der Waals surface area contributed by atoms with Crippen LogP contribution in [0.5, 0.6) is 0 Å². The fourth-order valence-electron chi connectivity index (χ4n) is 1.24. The van der Waals surface area contributed by atoms with Gasteiger partial charge in [-0.2, -0.15) is 0 Å². The van der Waals surface area contributed by atoms with Crippen LogP contribution in [0, 0.1) is 6.92 Å². The van der Waals surface area contributed by atoms with Gasteiger partial charge in [0.2, 0.25) is 0 Å². The maximum atomic E-state index is 3.83. The third-order valence-corrected chi connectivity index (χ3v) is 2.09. The molecule has 0 spiro atoms. The van der Waals surface area contributed by atoms with Gasteiger partial charge in [0.1, 0.15) is 0 Å². The standard InChI is InChI=1S/C15H23/c1-3-5-7-9-11-13-15-14-12-10-8-6-4-2/h3,5,7,9,11,13,15H,1-2,4,6,8,10,12,14H2/b7-5+,11-9+,15-13+. The van der Waals surface area contributed by atoms with E-state index in [4.69, 9.17) is 0 Å². The largest absolute Gasteiger partial charge is 0.0991 e. The van der Waals surface area contributed by atoms with Crippen molar-refractivity contribution in [3.05, 3.63) is 56.0 Å². The molecule has 0 N–H and O–H groups in total. The van der Waals surface area contributed by atoms with Crippen LogP contribution < -0.4 is 0 Å². The summed E-state index contributed by atoms with van der Waals surface area (Å²) in [5, 5.41) is 0. The first-order chi connectivity index (χ1) is 7.41. The van der Waals surface area contributed by atoms with Crippen LogP contribution in [0.25, 0.3) is 0 Å². The van der Waals surface area contributed by atoms with Gasteiger partial charge in [0.15, 0.2) is 0 Å². The zero-order chi connectivity index (χ0) is 11.2. The van der Waals surface area contributed by atoms with Crippen molar-refractivity contribution < 1.29 is 0 Å². The van der Waals surface area contributed by atoms with Crippen LogP contribution in [0.1, 0.15) is 38.5 Å². The van der Waals surface area contributed by atoms with Gasteiger partial charge in [-0.3, -0.25) is 0 Å². The molecule has 0 nitrogen and oxygen atoms in total. The summed E-state index contributed by atoms with van der Waals surface area (Å²) in [7, 11) is 0. The number of hydrogen-bond donors (Lipinski definition) is 0. The molecule has 0 heteroatoms. The van der Waals surface area contributed by atoms with Crippen LogP contribution in [0.15, 0.2) is 49.1 Å². The third kappa shape index (κ3) is 13.0. The van der Waals surface area contributed by atoms with E-state index in [-0.39, 0.29) is 0 Å². The van der Waals surface area contributed by atoms with Gasteiger partial charge in [-0.05, 0) is 12.8 Å². The average Bonchev–Trinajstić information content (AvgIpc) is 2.26. The summed E-state index contributed by atoms with van der Waals surface area (Å²) in [6.45, 7) is 7.43. The predicted octanol–water partition coefficient (Wildman–Crippen LogP) is 5.02. The molecule has 0 amide bonds. The Balaban J connectivity index is 3.27. The normalized spacial score (nSPS) is 12.1. The van der Waals surface area contributed by atoms with Crippen molar-refractivity contribution in [2.75, 3.05) is 0 Å². The molecule has 0 rings (SSSR count). The van der Waals surface area contributed by atoms with E-state index in [1.807, 2.05) is 18.2 Å². The maximum Gasteiger partial charge on any atom is -0.0348 e. The lowest BCUT2D eigenvalue weighted by molar-refractivity contribution is 0.651. The Hall–Kier alpha value is -1.04. The smallest absolute Gasteiger partial charge is 0.0348 e. The quantitative estimate of drug-likeness (QED) is 0.365. The predicted molar refractivity (Wildman–Crippen MR) is 70.7 cm³/mol. The fourth-order valence-corrected chi connectivity index (χ4v) is 1.24. The monoisotopic (exact) mass is 203 g/mol. The summed E-state index contributed by atoms with van der Waals surface area (Å²) in [5.74, 6) is 0. The van der Waals surface area contributed by atoms with Crippen molar-refractivity contribution in [2.24, 2.45) is 0 Å². The van der Waals surface area contributed by atoms with Crippen LogP contribution in [0.2, 0.25) is 0 Å². The van der Waals surface area contributed by atoms with Crippen LogP contribution in [0.4, 0.5) is 0 Å². The summed E-state index contributed by atoms with van der Waals surface area (Å²) in [5.41, 5.74) is 0. The molecule has 15 heavy (non-hydrogen) atoms. The first-order valence-corrected chi connectivity index (χ1v) is 5.82. The average molecular weight is 203 g/mol. The molecule has 0 saturated carbocycles. The summed E-state index contributed by atoms with van der Waals surface area (Å²) in [4.78, 5) is 0. The third-order valence-electron chi connectivity index (χ3n) is 2.09. The minimum absolute atomic E-state index is 1.08. The van der Waals surface area contributed by atoms with Gasteiger partial charge in [0.25, 0.3) is 0 Å². The Kier molecular flexibility index (Phi) is 12.1. The fraction of sp³-hybridized carbons (Fsp3) is 0.400. The van der Waals surface area contributed by atoms with Crippen molar-refractivity contribution in [3.8, 4) is 0 Å².